The third-order valence-corrected chi connectivity index (χ3v) is 3.21. The SMILES string of the molecule is CC1CN(C)c2ccc(CCC(=O)O)cc21. The van der Waals surface area contributed by atoms with Crippen molar-refractivity contribution in [1.82, 2.24) is 0 Å². The van der Waals surface area contributed by atoms with Gasteiger partial charge < -0.3 is 10.0 Å². The summed E-state index contributed by atoms with van der Waals surface area (Å²) in [6.45, 7) is 3.26. The minimum absolute atomic E-state index is 0.211. The van der Waals surface area contributed by atoms with E-state index in [1.165, 1.54) is 11.3 Å². The zero-order valence-electron chi connectivity index (χ0n) is 9.73. The van der Waals surface area contributed by atoms with E-state index < -0.39 is 5.97 Å². The molecule has 1 atom stereocenters. The summed E-state index contributed by atoms with van der Waals surface area (Å²) >= 11 is 0. The van der Waals surface area contributed by atoms with Crippen molar-refractivity contribution < 1.29 is 9.90 Å². The Morgan fingerprint density at radius 3 is 3.00 bits per heavy atom. The number of fused-ring (bicyclic) bond motifs is 1. The average Bonchev–Trinajstić information content (AvgIpc) is 2.52. The Hall–Kier alpha value is -1.51. The van der Waals surface area contributed by atoms with E-state index in [4.69, 9.17) is 5.11 Å². The van der Waals surface area contributed by atoms with Gasteiger partial charge in [0.05, 0.1) is 0 Å². The van der Waals surface area contributed by atoms with Crippen molar-refractivity contribution in [2.75, 3.05) is 18.5 Å². The van der Waals surface area contributed by atoms with Crippen molar-refractivity contribution in [2.45, 2.75) is 25.7 Å². The Bertz CT molecular complexity index is 414. The van der Waals surface area contributed by atoms with Gasteiger partial charge in [0, 0.05) is 31.6 Å². The summed E-state index contributed by atoms with van der Waals surface area (Å²) in [6, 6.07) is 6.30. The minimum atomic E-state index is -0.731. The van der Waals surface area contributed by atoms with Crippen LogP contribution in [0.15, 0.2) is 18.2 Å². The van der Waals surface area contributed by atoms with Gasteiger partial charge in [0.25, 0.3) is 0 Å². The predicted molar refractivity (Wildman–Crippen MR) is 64.1 cm³/mol. The molecular formula is C13H17NO2. The smallest absolute Gasteiger partial charge is 0.303 e. The summed E-state index contributed by atoms with van der Waals surface area (Å²) in [5.74, 6) is -0.185. The molecule has 0 radical (unpaired) electrons. The number of nitrogens with zero attached hydrogens (tertiary/aromatic N) is 1. The first-order valence-electron chi connectivity index (χ1n) is 5.63. The molecule has 16 heavy (non-hydrogen) atoms. The van der Waals surface area contributed by atoms with E-state index >= 15 is 0 Å². The maximum Gasteiger partial charge on any atom is 0.303 e. The van der Waals surface area contributed by atoms with Crippen LogP contribution >= 0.6 is 0 Å². The maximum absolute atomic E-state index is 10.5. The van der Waals surface area contributed by atoms with Gasteiger partial charge in [-0.3, -0.25) is 4.79 Å². The molecule has 1 N–H and O–H groups in total. The fraction of sp³-hybridized carbons (Fsp3) is 0.462. The van der Waals surface area contributed by atoms with Crippen molar-refractivity contribution in [3.05, 3.63) is 29.3 Å². The number of carboxylic acid groups (broad SMARTS) is 1. The molecule has 86 valence electrons. The summed E-state index contributed by atoms with van der Waals surface area (Å²) in [7, 11) is 2.10. The fourth-order valence-electron chi connectivity index (χ4n) is 2.36. The highest BCUT2D eigenvalue weighted by Gasteiger charge is 2.22. The first-order chi connectivity index (χ1) is 7.58. The zero-order chi connectivity index (χ0) is 11.7. The normalized spacial score (nSPS) is 18.6. The number of benzene rings is 1. The Morgan fingerprint density at radius 1 is 1.56 bits per heavy atom. The Balaban J connectivity index is 2.19. The third-order valence-electron chi connectivity index (χ3n) is 3.21. The van der Waals surface area contributed by atoms with Crippen molar-refractivity contribution in [3.63, 3.8) is 0 Å². The number of likely N-dealkylation sites (N-methyl/N-ethyl adjacent to an activating group) is 1. The first-order valence-corrected chi connectivity index (χ1v) is 5.63. The summed E-state index contributed by atoms with van der Waals surface area (Å²) < 4.78 is 0. The molecule has 0 saturated heterocycles. The second-order valence-electron chi connectivity index (χ2n) is 4.57. The van der Waals surface area contributed by atoms with Gasteiger partial charge in [-0.15, -0.1) is 0 Å². The molecule has 0 fully saturated rings. The van der Waals surface area contributed by atoms with Crippen LogP contribution in [0.3, 0.4) is 0 Å². The van der Waals surface area contributed by atoms with E-state index in [0.717, 1.165) is 12.1 Å². The molecule has 0 bridgehead atoms. The molecule has 1 aliphatic rings. The van der Waals surface area contributed by atoms with Gasteiger partial charge in [-0.05, 0) is 23.6 Å². The number of hydrogen-bond donors (Lipinski definition) is 1. The topological polar surface area (TPSA) is 40.5 Å². The summed E-state index contributed by atoms with van der Waals surface area (Å²) in [6.07, 6.45) is 0.835. The highest BCUT2D eigenvalue weighted by Crippen LogP contribution is 2.35. The molecule has 1 heterocycles. The third kappa shape index (κ3) is 2.03. The Morgan fingerprint density at radius 2 is 2.31 bits per heavy atom. The van der Waals surface area contributed by atoms with Crippen molar-refractivity contribution in [1.29, 1.82) is 0 Å². The van der Waals surface area contributed by atoms with Crippen LogP contribution in [0.1, 0.15) is 30.4 Å². The summed E-state index contributed by atoms with van der Waals surface area (Å²) in [5, 5.41) is 8.65. The molecule has 1 aromatic rings. The first kappa shape index (κ1) is 11.0. The zero-order valence-corrected chi connectivity index (χ0v) is 9.73. The molecular weight excluding hydrogens is 202 g/mol. The molecule has 3 heteroatoms. The lowest BCUT2D eigenvalue weighted by atomic mass is 9.99. The molecule has 1 unspecified atom stereocenters. The van der Waals surface area contributed by atoms with Gasteiger partial charge in [-0.2, -0.15) is 0 Å². The van der Waals surface area contributed by atoms with Crippen molar-refractivity contribution in [3.8, 4) is 0 Å². The number of carboxylic acids is 1. The lowest BCUT2D eigenvalue weighted by Crippen LogP contribution is -2.13. The van der Waals surface area contributed by atoms with Crippen LogP contribution in [0.2, 0.25) is 0 Å². The number of rotatable bonds is 3. The van der Waals surface area contributed by atoms with Gasteiger partial charge >= 0.3 is 5.97 Å². The van der Waals surface area contributed by atoms with Crippen LogP contribution in [0.4, 0.5) is 5.69 Å². The van der Waals surface area contributed by atoms with E-state index in [1.54, 1.807) is 0 Å². The molecule has 0 amide bonds. The van der Waals surface area contributed by atoms with Crippen LogP contribution in [-0.2, 0) is 11.2 Å². The molecule has 0 saturated carbocycles. The second kappa shape index (κ2) is 4.16. The lowest BCUT2D eigenvalue weighted by molar-refractivity contribution is -0.136. The van der Waals surface area contributed by atoms with E-state index in [0.29, 0.717) is 12.3 Å². The quantitative estimate of drug-likeness (QED) is 0.847. The van der Waals surface area contributed by atoms with Crippen LogP contribution < -0.4 is 4.90 Å². The van der Waals surface area contributed by atoms with Crippen LogP contribution in [0, 0.1) is 0 Å². The molecule has 0 aliphatic carbocycles. The fourth-order valence-corrected chi connectivity index (χ4v) is 2.36. The largest absolute Gasteiger partial charge is 0.481 e. The van der Waals surface area contributed by atoms with E-state index in [9.17, 15) is 4.79 Å². The van der Waals surface area contributed by atoms with E-state index in [-0.39, 0.29) is 6.42 Å². The monoisotopic (exact) mass is 219 g/mol. The molecule has 1 aliphatic heterocycles. The van der Waals surface area contributed by atoms with Gasteiger partial charge in [0.15, 0.2) is 0 Å². The maximum atomic E-state index is 10.5. The van der Waals surface area contributed by atoms with Gasteiger partial charge in [-0.1, -0.05) is 19.1 Å². The van der Waals surface area contributed by atoms with Gasteiger partial charge in [-0.25, -0.2) is 0 Å². The molecule has 2 rings (SSSR count). The van der Waals surface area contributed by atoms with Gasteiger partial charge in [0.1, 0.15) is 0 Å². The van der Waals surface area contributed by atoms with Crippen molar-refractivity contribution >= 4 is 11.7 Å². The Labute approximate surface area is 95.7 Å². The number of anilines is 1. The number of aliphatic carboxylic acids is 1. The molecule has 0 spiro atoms. The second-order valence-corrected chi connectivity index (χ2v) is 4.57. The number of aryl methyl sites for hydroxylation is 1. The summed E-state index contributed by atoms with van der Waals surface area (Å²) in [4.78, 5) is 12.8. The average molecular weight is 219 g/mol. The minimum Gasteiger partial charge on any atom is -0.481 e. The Kier molecular flexibility index (Phi) is 2.86. The van der Waals surface area contributed by atoms with Crippen molar-refractivity contribution in [2.24, 2.45) is 0 Å². The highest BCUT2D eigenvalue weighted by molar-refractivity contribution is 5.67. The van der Waals surface area contributed by atoms with Crippen LogP contribution in [0.5, 0.6) is 0 Å². The number of carbonyl (C=O) groups is 1. The van der Waals surface area contributed by atoms with E-state index in [2.05, 4.69) is 31.0 Å². The molecule has 1 aromatic carbocycles. The number of hydrogen-bond acceptors (Lipinski definition) is 2. The van der Waals surface area contributed by atoms with Crippen LogP contribution in [-0.4, -0.2) is 24.7 Å². The highest BCUT2D eigenvalue weighted by atomic mass is 16.4. The predicted octanol–water partition coefficient (Wildman–Crippen LogP) is 2.26. The molecule has 3 nitrogen and oxygen atoms in total. The summed E-state index contributed by atoms with van der Waals surface area (Å²) in [5.41, 5.74) is 3.76. The molecule has 0 aromatic heterocycles. The standard InChI is InChI=1S/C13H17NO2/c1-9-8-14(2)12-5-3-10(7-11(9)12)4-6-13(15)16/h3,5,7,9H,4,6,8H2,1-2H3,(H,15,16). The van der Waals surface area contributed by atoms with Crippen LogP contribution in [0.25, 0.3) is 0 Å². The van der Waals surface area contributed by atoms with Gasteiger partial charge in [0.2, 0.25) is 0 Å². The van der Waals surface area contributed by atoms with E-state index in [1.807, 2.05) is 6.07 Å². The lowest BCUT2D eigenvalue weighted by Gasteiger charge is -2.11.